The zero-order chi connectivity index (χ0) is 50.7. The maximum Gasteiger partial charge on any atom is 0.305 e. The third-order valence-electron chi connectivity index (χ3n) is 14.1. The molecule has 0 aliphatic rings. The number of carbonyl (C=O) groups is 2. The third-order valence-corrected chi connectivity index (χ3v) is 14.1. The number of rotatable bonds is 57. The second-order valence-corrected chi connectivity index (χ2v) is 21.0. The molecule has 2 atom stereocenters. The van der Waals surface area contributed by atoms with Crippen LogP contribution in [0.15, 0.2) is 48.6 Å². The zero-order valence-electron chi connectivity index (χ0n) is 46.7. The summed E-state index contributed by atoms with van der Waals surface area (Å²) in [5.74, 6) is -0.0699. The van der Waals surface area contributed by atoms with Crippen LogP contribution in [0, 0.1) is 0 Å². The van der Waals surface area contributed by atoms with E-state index >= 15 is 0 Å². The number of ether oxygens (including phenoxy) is 1. The number of esters is 1. The summed E-state index contributed by atoms with van der Waals surface area (Å²) in [5.41, 5.74) is 0. The predicted molar refractivity (Wildman–Crippen MR) is 306 cm³/mol. The Labute approximate surface area is 436 Å². The van der Waals surface area contributed by atoms with Crippen LogP contribution in [0.25, 0.3) is 0 Å². The Morgan fingerprint density at radius 3 is 1.14 bits per heavy atom. The minimum atomic E-state index is -0.844. The first-order valence-corrected chi connectivity index (χ1v) is 30.9. The molecule has 0 saturated heterocycles. The smallest absolute Gasteiger partial charge is 0.305 e. The number of aliphatic hydroxyl groups excluding tert-OH is 2. The monoisotopic (exact) mass is 982 g/mol. The van der Waals surface area contributed by atoms with Gasteiger partial charge in [-0.25, -0.2) is 0 Å². The molecule has 0 rings (SSSR count). The largest absolute Gasteiger partial charge is 0.466 e. The molecule has 410 valence electrons. The summed E-state index contributed by atoms with van der Waals surface area (Å²) >= 11 is 0. The molecule has 70 heavy (non-hydrogen) atoms. The van der Waals surface area contributed by atoms with Crippen molar-refractivity contribution in [3.63, 3.8) is 0 Å². The van der Waals surface area contributed by atoms with Crippen LogP contribution >= 0.6 is 0 Å². The number of allylic oxidation sites excluding steroid dienone is 7. The van der Waals surface area contributed by atoms with E-state index in [1.54, 1.807) is 6.08 Å². The number of aliphatic hydroxyl groups is 2. The molecule has 0 bridgehead atoms. The zero-order valence-corrected chi connectivity index (χ0v) is 46.7. The fourth-order valence-electron chi connectivity index (χ4n) is 9.29. The molecule has 2 unspecified atom stereocenters. The topological polar surface area (TPSA) is 95.9 Å². The van der Waals surface area contributed by atoms with Crippen LogP contribution in [-0.2, 0) is 14.3 Å². The lowest BCUT2D eigenvalue weighted by Crippen LogP contribution is -2.45. The summed E-state index contributed by atoms with van der Waals surface area (Å²) in [5, 5.41) is 23.1. The van der Waals surface area contributed by atoms with Gasteiger partial charge in [-0.05, 0) is 83.5 Å². The molecule has 0 aromatic carbocycles. The number of nitrogens with one attached hydrogen (secondary N) is 1. The Kier molecular flexibility index (Phi) is 57.5. The summed E-state index contributed by atoms with van der Waals surface area (Å²) in [6, 6.07) is -0.628. The molecule has 0 radical (unpaired) electrons. The van der Waals surface area contributed by atoms with E-state index in [0.717, 1.165) is 51.4 Å². The van der Waals surface area contributed by atoms with Gasteiger partial charge in [0.25, 0.3) is 0 Å². The lowest BCUT2D eigenvalue weighted by molar-refractivity contribution is -0.143. The average molecular weight is 983 g/mol. The molecule has 6 nitrogen and oxygen atoms in total. The summed E-state index contributed by atoms with van der Waals surface area (Å²) in [6.07, 6.45) is 75.9. The number of unbranched alkanes of at least 4 members (excludes halogenated alkanes) is 40. The number of hydrogen-bond donors (Lipinski definition) is 3. The molecule has 0 aliphatic carbocycles. The van der Waals surface area contributed by atoms with Crippen molar-refractivity contribution >= 4 is 11.9 Å². The fourth-order valence-corrected chi connectivity index (χ4v) is 9.29. The van der Waals surface area contributed by atoms with E-state index in [1.165, 1.54) is 244 Å². The molecule has 0 aromatic rings. The molecule has 6 heteroatoms. The average Bonchev–Trinajstić information content (AvgIpc) is 3.36. The Balaban J connectivity index is 3.40. The van der Waals surface area contributed by atoms with Crippen molar-refractivity contribution in [2.75, 3.05) is 13.2 Å². The van der Waals surface area contributed by atoms with Gasteiger partial charge in [0.1, 0.15) is 0 Å². The van der Waals surface area contributed by atoms with Crippen molar-refractivity contribution in [2.45, 2.75) is 334 Å². The van der Waals surface area contributed by atoms with E-state index in [0.29, 0.717) is 19.4 Å². The summed E-state index contributed by atoms with van der Waals surface area (Å²) in [6.45, 7) is 4.85. The van der Waals surface area contributed by atoms with Crippen LogP contribution in [0.2, 0.25) is 0 Å². The van der Waals surface area contributed by atoms with E-state index in [4.69, 9.17) is 4.74 Å². The normalized spacial score (nSPS) is 12.9. The first-order chi connectivity index (χ1) is 34.5. The molecule has 0 fully saturated rings. The van der Waals surface area contributed by atoms with Crippen LogP contribution in [0.1, 0.15) is 322 Å². The quantitative estimate of drug-likeness (QED) is 0.0321. The van der Waals surface area contributed by atoms with Gasteiger partial charge in [-0.15, -0.1) is 0 Å². The van der Waals surface area contributed by atoms with Crippen molar-refractivity contribution in [3.05, 3.63) is 48.6 Å². The second kappa shape index (κ2) is 59.4. The van der Waals surface area contributed by atoms with E-state index < -0.39 is 12.1 Å². The molecule has 0 heterocycles. The van der Waals surface area contributed by atoms with E-state index in [-0.39, 0.29) is 18.5 Å². The highest BCUT2D eigenvalue weighted by Crippen LogP contribution is 2.17. The van der Waals surface area contributed by atoms with Gasteiger partial charge >= 0.3 is 5.97 Å². The number of hydrogen-bond acceptors (Lipinski definition) is 5. The number of carbonyl (C=O) groups excluding carboxylic acids is 2. The van der Waals surface area contributed by atoms with E-state index in [1.807, 2.05) is 6.08 Å². The molecule has 0 aliphatic heterocycles. The highest BCUT2D eigenvalue weighted by molar-refractivity contribution is 5.76. The second-order valence-electron chi connectivity index (χ2n) is 21.0. The fraction of sp³-hybridized carbons (Fsp3) is 0.844. The number of amides is 1. The minimum Gasteiger partial charge on any atom is -0.466 e. The highest BCUT2D eigenvalue weighted by Gasteiger charge is 2.18. The van der Waals surface area contributed by atoms with Gasteiger partial charge in [-0.3, -0.25) is 9.59 Å². The van der Waals surface area contributed by atoms with Crippen molar-refractivity contribution in [1.29, 1.82) is 0 Å². The Morgan fingerprint density at radius 1 is 0.400 bits per heavy atom. The standard InChI is InChI=1S/C64H119NO5/c1-3-5-7-9-11-13-15-17-34-38-42-46-50-54-58-64(69)70-59-55-51-47-43-39-35-32-30-28-26-24-22-20-18-19-21-23-25-27-29-31-33-37-41-45-49-53-57-63(68)65-61(60-66)62(67)56-52-48-44-40-36-16-14-12-10-8-6-4-2/h9,11,15,17-19,52,56,61-62,66-67H,3-8,10,12-14,16,20-51,53-55,57-60H2,1-2H3,(H,65,68)/b11-9-,17-15-,19-18-,56-52+. The van der Waals surface area contributed by atoms with Crippen LogP contribution in [0.3, 0.4) is 0 Å². The van der Waals surface area contributed by atoms with Gasteiger partial charge in [0.15, 0.2) is 0 Å². The maximum absolute atomic E-state index is 12.4. The van der Waals surface area contributed by atoms with Gasteiger partial charge in [0.05, 0.1) is 25.4 Å². The molecule has 3 N–H and O–H groups in total. The minimum absolute atomic E-state index is 0.000393. The Bertz CT molecular complexity index is 1180. The Morgan fingerprint density at radius 2 is 0.729 bits per heavy atom. The van der Waals surface area contributed by atoms with Gasteiger partial charge in [0.2, 0.25) is 5.91 Å². The van der Waals surface area contributed by atoms with Gasteiger partial charge < -0.3 is 20.3 Å². The summed E-state index contributed by atoms with van der Waals surface area (Å²) in [4.78, 5) is 24.5. The van der Waals surface area contributed by atoms with E-state index in [2.05, 4.69) is 55.6 Å². The Hall–Kier alpha value is -2.18. The maximum atomic E-state index is 12.4. The molecular formula is C64H119NO5. The molecule has 0 aromatic heterocycles. The van der Waals surface area contributed by atoms with Crippen molar-refractivity contribution < 1.29 is 24.5 Å². The lowest BCUT2D eigenvalue weighted by Gasteiger charge is -2.20. The first kappa shape index (κ1) is 67.8. The van der Waals surface area contributed by atoms with Crippen molar-refractivity contribution in [2.24, 2.45) is 0 Å². The summed E-state index contributed by atoms with van der Waals surface area (Å²) in [7, 11) is 0. The van der Waals surface area contributed by atoms with Crippen LogP contribution in [-0.4, -0.2) is 47.4 Å². The van der Waals surface area contributed by atoms with Gasteiger partial charge in [-0.2, -0.15) is 0 Å². The van der Waals surface area contributed by atoms with Gasteiger partial charge in [-0.1, -0.05) is 274 Å². The lowest BCUT2D eigenvalue weighted by atomic mass is 10.0. The van der Waals surface area contributed by atoms with Crippen LogP contribution in [0.5, 0.6) is 0 Å². The molecule has 0 saturated carbocycles. The molecule has 1 amide bonds. The van der Waals surface area contributed by atoms with Crippen LogP contribution < -0.4 is 5.32 Å². The van der Waals surface area contributed by atoms with Crippen molar-refractivity contribution in [3.8, 4) is 0 Å². The van der Waals surface area contributed by atoms with Crippen molar-refractivity contribution in [1.82, 2.24) is 5.32 Å². The highest BCUT2D eigenvalue weighted by atomic mass is 16.5. The summed E-state index contributed by atoms with van der Waals surface area (Å²) < 4.78 is 5.47. The molecular weight excluding hydrogens is 863 g/mol. The van der Waals surface area contributed by atoms with Gasteiger partial charge in [0, 0.05) is 12.8 Å². The first-order valence-electron chi connectivity index (χ1n) is 30.9. The molecule has 0 spiro atoms. The predicted octanol–water partition coefficient (Wildman–Crippen LogP) is 19.4. The third kappa shape index (κ3) is 55.1. The van der Waals surface area contributed by atoms with E-state index in [9.17, 15) is 19.8 Å². The van der Waals surface area contributed by atoms with Crippen LogP contribution in [0.4, 0.5) is 0 Å². The SMILES string of the molecule is CCCC/C=C\C/C=C\CCCCCCCC(=O)OCCCCCCCCCCCCCC/C=C\CCCCCCCCCCCCCC(=O)NC(CO)C(O)/C=C/CCCCCCCCCCCC.